The van der Waals surface area contributed by atoms with Crippen molar-refractivity contribution in [3.63, 3.8) is 0 Å². The van der Waals surface area contributed by atoms with E-state index in [2.05, 4.69) is 13.8 Å². The standard InChI is InChI=1S/2C24H39NO4/c1-2-3-4-5-6-7-8-9-10-11-12-13-14-15-16-23(24(26)27)21-17-19-22(20-18-21)25(28)29;1-2-3-4-5-6-7-8-9-10-11-12-13-14-15-16-17-24(26)29-23-20-18-22(19-21-23)25(27)28/h17-20,23H,2-16H2,1H3,(H,26,27);18-21H,2-17H2,1H3. The highest BCUT2D eigenvalue weighted by Gasteiger charge is 2.20. The summed E-state index contributed by atoms with van der Waals surface area (Å²) >= 11 is 0. The second kappa shape index (κ2) is 36.3. The number of carboxylic acid groups (broad SMARTS) is 1. The molecular weight excluding hydrogens is 733 g/mol. The van der Waals surface area contributed by atoms with Gasteiger partial charge < -0.3 is 9.84 Å². The van der Waals surface area contributed by atoms with Crippen LogP contribution < -0.4 is 4.74 Å². The van der Waals surface area contributed by atoms with Crippen molar-refractivity contribution in [3.8, 4) is 5.75 Å². The summed E-state index contributed by atoms with van der Waals surface area (Å²) in [6.07, 6.45) is 38.2. The van der Waals surface area contributed by atoms with Gasteiger partial charge in [-0.3, -0.25) is 29.8 Å². The lowest BCUT2D eigenvalue weighted by Gasteiger charge is -2.12. The third-order valence-corrected chi connectivity index (χ3v) is 10.9. The molecule has 0 bridgehead atoms. The predicted molar refractivity (Wildman–Crippen MR) is 237 cm³/mol. The summed E-state index contributed by atoms with van der Waals surface area (Å²) in [4.78, 5) is 43.7. The molecule has 0 heterocycles. The molecule has 0 saturated heterocycles. The fraction of sp³-hybridized carbons (Fsp3) is 0.708. The van der Waals surface area contributed by atoms with Gasteiger partial charge in [0.2, 0.25) is 0 Å². The van der Waals surface area contributed by atoms with Crippen molar-refractivity contribution in [3.05, 3.63) is 74.3 Å². The van der Waals surface area contributed by atoms with E-state index >= 15 is 0 Å². The van der Waals surface area contributed by atoms with E-state index in [1.54, 1.807) is 12.1 Å². The number of carbonyl (C=O) groups excluding carboxylic acids is 1. The van der Waals surface area contributed by atoms with Crippen LogP contribution in [-0.4, -0.2) is 26.9 Å². The highest BCUT2D eigenvalue weighted by Crippen LogP contribution is 2.26. The molecule has 0 fully saturated rings. The van der Waals surface area contributed by atoms with Gasteiger partial charge in [0.1, 0.15) is 5.75 Å². The normalized spacial score (nSPS) is 11.4. The number of unbranched alkanes of at least 4 members (excludes halogenated alkanes) is 27. The number of nitro groups is 2. The topological polar surface area (TPSA) is 150 Å². The molecule has 328 valence electrons. The Labute approximate surface area is 350 Å². The summed E-state index contributed by atoms with van der Waals surface area (Å²) in [7, 11) is 0. The summed E-state index contributed by atoms with van der Waals surface area (Å²) in [5.74, 6) is -1.34. The van der Waals surface area contributed by atoms with Crippen LogP contribution in [-0.2, 0) is 9.59 Å². The second-order valence-corrected chi connectivity index (χ2v) is 16.0. The van der Waals surface area contributed by atoms with Gasteiger partial charge in [-0.25, -0.2) is 0 Å². The number of non-ortho nitro benzene ring substituents is 2. The lowest BCUT2D eigenvalue weighted by Crippen LogP contribution is -2.11. The molecule has 1 N–H and O–H groups in total. The number of aliphatic carboxylic acids is 1. The molecule has 0 aliphatic rings. The summed E-state index contributed by atoms with van der Waals surface area (Å²) in [5, 5.41) is 30.8. The number of carboxylic acids is 1. The maximum Gasteiger partial charge on any atom is 0.311 e. The molecule has 0 aliphatic carbocycles. The molecule has 2 aromatic carbocycles. The Morgan fingerprint density at radius 1 is 0.500 bits per heavy atom. The van der Waals surface area contributed by atoms with Gasteiger partial charge in [-0.2, -0.15) is 0 Å². The molecule has 0 aromatic heterocycles. The summed E-state index contributed by atoms with van der Waals surface area (Å²) in [6, 6.07) is 11.5. The van der Waals surface area contributed by atoms with Crippen molar-refractivity contribution in [2.24, 2.45) is 0 Å². The fourth-order valence-corrected chi connectivity index (χ4v) is 7.26. The molecule has 2 aromatic rings. The van der Waals surface area contributed by atoms with Gasteiger partial charge in [0.25, 0.3) is 11.4 Å². The van der Waals surface area contributed by atoms with Crippen molar-refractivity contribution in [2.45, 2.75) is 219 Å². The largest absolute Gasteiger partial charge is 0.481 e. The Kier molecular flexibility index (Phi) is 32.6. The van der Waals surface area contributed by atoms with Crippen LogP contribution >= 0.6 is 0 Å². The lowest BCUT2D eigenvalue weighted by molar-refractivity contribution is -0.385. The van der Waals surface area contributed by atoms with Crippen LogP contribution in [0.25, 0.3) is 0 Å². The first kappa shape index (κ1) is 52.2. The number of hydrogen-bond acceptors (Lipinski definition) is 7. The molecule has 10 nitrogen and oxygen atoms in total. The number of benzene rings is 2. The van der Waals surface area contributed by atoms with Crippen LogP contribution in [0.5, 0.6) is 5.75 Å². The van der Waals surface area contributed by atoms with E-state index in [4.69, 9.17) is 4.74 Å². The molecular formula is C48H78N2O8. The molecule has 0 radical (unpaired) electrons. The first-order valence-corrected chi connectivity index (χ1v) is 23.1. The number of rotatable bonds is 36. The summed E-state index contributed by atoms with van der Waals surface area (Å²) < 4.78 is 5.21. The Morgan fingerprint density at radius 2 is 0.810 bits per heavy atom. The van der Waals surface area contributed by atoms with Crippen LogP contribution in [0, 0.1) is 20.2 Å². The van der Waals surface area contributed by atoms with Crippen LogP contribution in [0.3, 0.4) is 0 Å². The zero-order valence-electron chi connectivity index (χ0n) is 36.3. The SMILES string of the molecule is CCCCCCCCCCCCCCCCC(C(=O)O)c1ccc([N+](=O)[O-])cc1.CCCCCCCCCCCCCCCCCC(=O)Oc1ccc([N+](=O)[O-])cc1. The van der Waals surface area contributed by atoms with E-state index in [-0.39, 0.29) is 17.3 Å². The van der Waals surface area contributed by atoms with Gasteiger partial charge in [0, 0.05) is 30.7 Å². The fourth-order valence-electron chi connectivity index (χ4n) is 7.26. The zero-order chi connectivity index (χ0) is 42.5. The van der Waals surface area contributed by atoms with Crippen molar-refractivity contribution in [1.29, 1.82) is 0 Å². The first-order valence-electron chi connectivity index (χ1n) is 23.1. The molecule has 58 heavy (non-hydrogen) atoms. The van der Waals surface area contributed by atoms with E-state index in [9.17, 15) is 34.9 Å². The van der Waals surface area contributed by atoms with Crippen molar-refractivity contribution in [1.82, 2.24) is 0 Å². The number of nitro benzene ring substituents is 2. The third-order valence-electron chi connectivity index (χ3n) is 10.9. The highest BCUT2D eigenvalue weighted by molar-refractivity contribution is 5.76. The van der Waals surface area contributed by atoms with Crippen molar-refractivity contribution < 1.29 is 29.3 Å². The Balaban J connectivity index is 0.000000580. The minimum Gasteiger partial charge on any atom is -0.481 e. The van der Waals surface area contributed by atoms with Gasteiger partial charge in [-0.1, -0.05) is 206 Å². The van der Waals surface area contributed by atoms with Crippen LogP contribution in [0.15, 0.2) is 48.5 Å². The molecule has 0 amide bonds. The first-order chi connectivity index (χ1) is 28.2. The van der Waals surface area contributed by atoms with Gasteiger partial charge in [0.15, 0.2) is 0 Å². The molecule has 0 spiro atoms. The number of ether oxygens (including phenoxy) is 1. The minimum absolute atomic E-state index is 0.00520. The average Bonchev–Trinajstić information content (AvgIpc) is 3.21. The predicted octanol–water partition coefficient (Wildman–Crippen LogP) is 15.4. The van der Waals surface area contributed by atoms with Crippen molar-refractivity contribution >= 4 is 23.3 Å². The van der Waals surface area contributed by atoms with Crippen LogP contribution in [0.4, 0.5) is 11.4 Å². The van der Waals surface area contributed by atoms with Crippen LogP contribution in [0.1, 0.15) is 224 Å². The number of hydrogen-bond donors (Lipinski definition) is 1. The molecule has 2 rings (SSSR count). The van der Waals surface area contributed by atoms with E-state index < -0.39 is 21.7 Å². The Morgan fingerprint density at radius 3 is 1.14 bits per heavy atom. The second-order valence-electron chi connectivity index (χ2n) is 16.0. The summed E-state index contributed by atoms with van der Waals surface area (Å²) in [5.41, 5.74) is 0.638. The van der Waals surface area contributed by atoms with E-state index in [0.29, 0.717) is 24.2 Å². The minimum atomic E-state index is -0.853. The molecule has 10 heteroatoms. The van der Waals surface area contributed by atoms with Crippen LogP contribution in [0.2, 0.25) is 0 Å². The lowest BCUT2D eigenvalue weighted by atomic mass is 9.92. The highest BCUT2D eigenvalue weighted by atomic mass is 16.6. The third kappa shape index (κ3) is 28.6. The monoisotopic (exact) mass is 811 g/mol. The van der Waals surface area contributed by atoms with Gasteiger partial charge in [-0.15, -0.1) is 0 Å². The van der Waals surface area contributed by atoms with Crippen molar-refractivity contribution in [2.75, 3.05) is 0 Å². The number of nitrogens with zero attached hydrogens (tertiary/aromatic N) is 2. The number of carbonyl (C=O) groups is 2. The van der Waals surface area contributed by atoms with E-state index in [1.165, 1.54) is 190 Å². The maximum absolute atomic E-state index is 11.8. The Hall–Kier alpha value is -3.82. The smallest absolute Gasteiger partial charge is 0.311 e. The summed E-state index contributed by atoms with van der Waals surface area (Å²) in [6.45, 7) is 4.52. The van der Waals surface area contributed by atoms with Gasteiger partial charge >= 0.3 is 11.9 Å². The molecule has 1 atom stereocenters. The molecule has 0 aliphatic heterocycles. The number of esters is 1. The maximum atomic E-state index is 11.8. The van der Waals surface area contributed by atoms with E-state index in [0.717, 1.165) is 32.1 Å². The average molecular weight is 811 g/mol. The van der Waals surface area contributed by atoms with Gasteiger partial charge in [0.05, 0.1) is 15.8 Å². The Bertz CT molecular complexity index is 1330. The van der Waals surface area contributed by atoms with Gasteiger partial charge in [-0.05, 0) is 30.5 Å². The molecule has 0 saturated carbocycles. The zero-order valence-corrected chi connectivity index (χ0v) is 36.3. The quantitative estimate of drug-likeness (QED) is 0.0235. The molecule has 1 unspecified atom stereocenters. The van der Waals surface area contributed by atoms with E-state index in [1.807, 2.05) is 0 Å².